The Morgan fingerprint density at radius 3 is 2.86 bits per heavy atom. The highest BCUT2D eigenvalue weighted by molar-refractivity contribution is 6.04. The van der Waals surface area contributed by atoms with Crippen molar-refractivity contribution < 1.29 is 9.90 Å². The van der Waals surface area contributed by atoms with Crippen molar-refractivity contribution in [2.45, 2.75) is 25.3 Å². The molecular formula is C15H17N3O3. The van der Waals surface area contributed by atoms with E-state index in [1.54, 1.807) is 24.3 Å². The van der Waals surface area contributed by atoms with Crippen molar-refractivity contribution in [3.05, 3.63) is 40.3 Å². The van der Waals surface area contributed by atoms with E-state index in [2.05, 4.69) is 15.5 Å². The van der Waals surface area contributed by atoms with E-state index in [4.69, 9.17) is 0 Å². The number of carbonyl (C=O) groups is 1. The summed E-state index contributed by atoms with van der Waals surface area (Å²) in [6.45, 7) is 0.0742. The number of benzene rings is 1. The third-order valence-corrected chi connectivity index (χ3v) is 4.12. The second kappa shape index (κ2) is 5.65. The number of carbonyl (C=O) groups excluding carboxylic acids is 1. The molecule has 1 heterocycles. The number of aliphatic hydroxyl groups is 1. The van der Waals surface area contributed by atoms with E-state index in [0.717, 1.165) is 19.3 Å². The molecule has 2 aromatic rings. The summed E-state index contributed by atoms with van der Waals surface area (Å²) in [4.78, 5) is 24.1. The molecule has 0 radical (unpaired) electrons. The molecule has 2 unspecified atom stereocenters. The lowest BCUT2D eigenvalue weighted by Crippen LogP contribution is -2.39. The lowest BCUT2D eigenvalue weighted by Gasteiger charge is -2.18. The highest BCUT2D eigenvalue weighted by Crippen LogP contribution is 2.25. The number of amides is 1. The van der Waals surface area contributed by atoms with Crippen LogP contribution in [-0.4, -0.2) is 33.9 Å². The minimum atomic E-state index is -0.312. The summed E-state index contributed by atoms with van der Waals surface area (Å²) in [6, 6.07) is 6.86. The van der Waals surface area contributed by atoms with Gasteiger partial charge >= 0.3 is 0 Å². The molecule has 3 N–H and O–H groups in total. The van der Waals surface area contributed by atoms with E-state index >= 15 is 0 Å². The maximum Gasteiger partial charge on any atom is 0.272 e. The molecule has 0 saturated heterocycles. The Kier molecular flexibility index (Phi) is 3.70. The number of aliphatic hydroxyl groups excluding tert-OH is 1. The molecule has 2 atom stereocenters. The molecule has 0 spiro atoms. The zero-order valence-electron chi connectivity index (χ0n) is 11.5. The lowest BCUT2D eigenvalue weighted by atomic mass is 10.0. The van der Waals surface area contributed by atoms with Gasteiger partial charge in [0.2, 0.25) is 0 Å². The smallest absolute Gasteiger partial charge is 0.272 e. The fourth-order valence-electron chi connectivity index (χ4n) is 2.97. The molecule has 110 valence electrons. The molecule has 21 heavy (non-hydrogen) atoms. The normalized spacial score (nSPS) is 21.6. The zero-order chi connectivity index (χ0) is 14.8. The van der Waals surface area contributed by atoms with Gasteiger partial charge in [-0.2, -0.15) is 5.10 Å². The van der Waals surface area contributed by atoms with Gasteiger partial charge in [0, 0.05) is 24.0 Å². The number of nitrogens with one attached hydrogen (secondary N) is 2. The summed E-state index contributed by atoms with van der Waals surface area (Å²) in [5.74, 6) is -0.212. The number of aromatic amines is 1. The minimum absolute atomic E-state index is 0.0324. The number of hydrogen-bond donors (Lipinski definition) is 3. The van der Waals surface area contributed by atoms with Gasteiger partial charge in [-0.25, -0.2) is 5.10 Å². The summed E-state index contributed by atoms with van der Waals surface area (Å²) in [5.41, 5.74) is -0.0926. The predicted molar refractivity (Wildman–Crippen MR) is 78.0 cm³/mol. The van der Waals surface area contributed by atoms with Crippen LogP contribution in [0.1, 0.15) is 29.8 Å². The Balaban J connectivity index is 1.92. The van der Waals surface area contributed by atoms with Crippen molar-refractivity contribution in [3.63, 3.8) is 0 Å². The number of hydrogen-bond acceptors (Lipinski definition) is 4. The maximum absolute atomic E-state index is 12.4. The molecule has 0 aliphatic heterocycles. The molecule has 0 bridgehead atoms. The van der Waals surface area contributed by atoms with Crippen molar-refractivity contribution in [1.29, 1.82) is 0 Å². The molecule has 1 aliphatic carbocycles. The summed E-state index contributed by atoms with van der Waals surface area (Å²) in [5, 5.41) is 19.5. The number of aromatic nitrogens is 2. The van der Waals surface area contributed by atoms with Crippen LogP contribution in [0, 0.1) is 5.92 Å². The van der Waals surface area contributed by atoms with Crippen LogP contribution in [0.5, 0.6) is 0 Å². The number of rotatable bonds is 3. The topological polar surface area (TPSA) is 95.1 Å². The average molecular weight is 287 g/mol. The van der Waals surface area contributed by atoms with Gasteiger partial charge in [0.05, 0.1) is 5.39 Å². The third-order valence-electron chi connectivity index (χ3n) is 4.12. The van der Waals surface area contributed by atoms with E-state index in [-0.39, 0.29) is 35.7 Å². The number of H-pyrrole nitrogens is 1. The van der Waals surface area contributed by atoms with Crippen molar-refractivity contribution in [3.8, 4) is 0 Å². The van der Waals surface area contributed by atoms with E-state index in [9.17, 15) is 14.7 Å². The average Bonchev–Trinajstić information content (AvgIpc) is 2.95. The first-order valence-corrected chi connectivity index (χ1v) is 7.10. The fraction of sp³-hybridized carbons (Fsp3) is 0.400. The standard InChI is InChI=1S/C15H17N3O3/c19-8-9-4-3-7-12(9)16-15(21)13-10-5-1-2-6-11(10)14(20)18-17-13/h1-2,5-6,9,12,19H,3-4,7-8H2,(H,16,21)(H,18,20). The van der Waals surface area contributed by atoms with Crippen LogP contribution in [0.2, 0.25) is 0 Å². The first kappa shape index (κ1) is 13.8. The van der Waals surface area contributed by atoms with Crippen molar-refractivity contribution in [2.24, 2.45) is 5.92 Å². The summed E-state index contributed by atoms with van der Waals surface area (Å²) in [6.07, 6.45) is 2.77. The second-order valence-electron chi connectivity index (χ2n) is 5.40. The number of nitrogens with zero attached hydrogens (tertiary/aromatic N) is 1. The van der Waals surface area contributed by atoms with Gasteiger partial charge in [0.1, 0.15) is 0 Å². The first-order chi connectivity index (χ1) is 10.2. The minimum Gasteiger partial charge on any atom is -0.396 e. The van der Waals surface area contributed by atoms with E-state index in [0.29, 0.717) is 10.8 Å². The quantitative estimate of drug-likeness (QED) is 0.778. The van der Waals surface area contributed by atoms with Gasteiger partial charge < -0.3 is 10.4 Å². The largest absolute Gasteiger partial charge is 0.396 e. The Hall–Kier alpha value is -2.21. The van der Waals surface area contributed by atoms with E-state index < -0.39 is 0 Å². The van der Waals surface area contributed by atoms with Gasteiger partial charge in [-0.05, 0) is 18.9 Å². The number of fused-ring (bicyclic) bond motifs is 1. The first-order valence-electron chi connectivity index (χ1n) is 7.10. The monoisotopic (exact) mass is 287 g/mol. The van der Waals surface area contributed by atoms with Gasteiger partial charge in [-0.15, -0.1) is 0 Å². The van der Waals surface area contributed by atoms with Crippen LogP contribution in [-0.2, 0) is 0 Å². The van der Waals surface area contributed by atoms with Crippen LogP contribution in [0.25, 0.3) is 10.8 Å². The Labute approximate surface area is 121 Å². The molecule has 3 rings (SSSR count). The molecule has 1 aliphatic rings. The Morgan fingerprint density at radius 1 is 1.33 bits per heavy atom. The maximum atomic E-state index is 12.4. The van der Waals surface area contributed by atoms with Crippen LogP contribution in [0.4, 0.5) is 0 Å². The van der Waals surface area contributed by atoms with E-state index in [1.807, 2.05) is 0 Å². The molecule has 6 heteroatoms. The predicted octanol–water partition coefficient (Wildman–Crippen LogP) is 0.814. The van der Waals surface area contributed by atoms with E-state index in [1.165, 1.54) is 0 Å². The fourth-order valence-corrected chi connectivity index (χ4v) is 2.97. The summed E-state index contributed by atoms with van der Waals surface area (Å²) >= 11 is 0. The van der Waals surface area contributed by atoms with Gasteiger partial charge in [-0.3, -0.25) is 9.59 Å². The highest BCUT2D eigenvalue weighted by Gasteiger charge is 2.29. The molecular weight excluding hydrogens is 270 g/mol. The summed E-state index contributed by atoms with van der Waals surface area (Å²) < 4.78 is 0. The molecule has 1 fully saturated rings. The third kappa shape index (κ3) is 2.54. The van der Waals surface area contributed by atoms with Crippen molar-refractivity contribution in [2.75, 3.05) is 6.61 Å². The molecule has 1 aromatic heterocycles. The van der Waals surface area contributed by atoms with Crippen molar-refractivity contribution >= 4 is 16.7 Å². The Bertz CT molecular complexity index is 725. The van der Waals surface area contributed by atoms with Crippen LogP contribution < -0.4 is 10.9 Å². The van der Waals surface area contributed by atoms with Crippen LogP contribution in [0.3, 0.4) is 0 Å². The van der Waals surface area contributed by atoms with Gasteiger partial charge in [0.25, 0.3) is 11.5 Å². The van der Waals surface area contributed by atoms with Gasteiger partial charge in [-0.1, -0.05) is 24.6 Å². The Morgan fingerprint density at radius 2 is 2.10 bits per heavy atom. The summed E-state index contributed by atoms with van der Waals surface area (Å²) in [7, 11) is 0. The molecule has 1 saturated carbocycles. The SMILES string of the molecule is O=C(NC1CCCC1CO)c1n[nH]c(=O)c2ccccc12. The zero-order valence-corrected chi connectivity index (χ0v) is 11.5. The van der Waals surface area contributed by atoms with Crippen LogP contribution in [0.15, 0.2) is 29.1 Å². The second-order valence-corrected chi connectivity index (χ2v) is 5.40. The molecule has 6 nitrogen and oxygen atoms in total. The highest BCUT2D eigenvalue weighted by atomic mass is 16.3. The van der Waals surface area contributed by atoms with Crippen LogP contribution >= 0.6 is 0 Å². The van der Waals surface area contributed by atoms with Gasteiger partial charge in [0.15, 0.2) is 5.69 Å². The molecule has 1 aromatic carbocycles. The van der Waals surface area contributed by atoms with Crippen molar-refractivity contribution in [1.82, 2.24) is 15.5 Å². The lowest BCUT2D eigenvalue weighted by molar-refractivity contribution is 0.0912. The molecule has 1 amide bonds.